The Morgan fingerprint density at radius 1 is 0.663 bits per heavy atom. The smallest absolute Gasteiger partial charge is 0.328 e. The van der Waals surface area contributed by atoms with Crippen molar-refractivity contribution < 1.29 is 74.3 Å². The number of aryl methyl sites for hydroxylation is 1. The van der Waals surface area contributed by atoms with E-state index >= 15 is 0 Å². The highest BCUT2D eigenvalue weighted by molar-refractivity contribution is 7.98. The van der Waals surface area contributed by atoms with Gasteiger partial charge in [-0.05, 0) is 90.2 Å². The van der Waals surface area contributed by atoms with Crippen molar-refractivity contribution in [2.45, 2.75) is 78.8 Å². The zero-order valence-corrected chi connectivity index (χ0v) is 52.2. The Morgan fingerprint density at radius 3 is 1.73 bits per heavy atom. The lowest BCUT2D eigenvalue weighted by Gasteiger charge is -2.15. The summed E-state index contributed by atoms with van der Waals surface area (Å²) in [5.41, 5.74) is 12.4. The van der Waals surface area contributed by atoms with Crippen molar-refractivity contribution in [2.24, 2.45) is 15.4 Å². The molecule has 0 aliphatic heterocycles. The number of primary sulfonamides is 2. The van der Waals surface area contributed by atoms with Crippen molar-refractivity contribution in [1.82, 2.24) is 65.6 Å². The van der Waals surface area contributed by atoms with Crippen molar-refractivity contribution in [3.8, 4) is 23.0 Å². The van der Waals surface area contributed by atoms with E-state index in [1.807, 2.05) is 24.3 Å². The van der Waals surface area contributed by atoms with Gasteiger partial charge in [-0.15, -0.1) is 38.0 Å². The molecule has 4 aromatic carbocycles. The van der Waals surface area contributed by atoms with E-state index in [0.29, 0.717) is 92.1 Å². The quantitative estimate of drug-likeness (QED) is 0.0142. The maximum absolute atomic E-state index is 12.6. The van der Waals surface area contributed by atoms with Gasteiger partial charge in [0.15, 0.2) is 6.04 Å². The number of aliphatic carboxylic acids is 2. The van der Waals surface area contributed by atoms with Crippen LogP contribution in [-0.4, -0.2) is 157 Å². The Kier molecular flexibility index (Phi) is 24.6. The first-order chi connectivity index (χ1) is 44.2. The van der Waals surface area contributed by atoms with Crippen molar-refractivity contribution in [3.63, 3.8) is 0 Å². The minimum atomic E-state index is -3.92. The minimum Gasteiger partial charge on any atom is -0.493 e. The van der Waals surface area contributed by atoms with E-state index in [9.17, 15) is 50.6 Å². The first-order valence-electron chi connectivity index (χ1n) is 27.2. The van der Waals surface area contributed by atoms with Crippen molar-refractivity contribution >= 4 is 98.7 Å². The maximum atomic E-state index is 12.6. The number of aromatic nitrogens is 11. The molecule has 5 heterocycles. The molecule has 2 amide bonds. The van der Waals surface area contributed by atoms with Gasteiger partial charge in [0.1, 0.15) is 73.3 Å². The molecular weight excluding hydrogens is 1310 g/mol. The number of rotatable bonds is 35. The number of nitrogens with zero attached hydrogens (tertiary/aromatic N) is 14. The first-order valence-corrected chi connectivity index (χ1v) is 33.0. The predicted octanol–water partition coefficient (Wildman–Crippen LogP) is 3.78. The Labute approximate surface area is 533 Å². The lowest BCUT2D eigenvalue weighted by Crippen LogP contribution is -2.45. The summed E-state index contributed by atoms with van der Waals surface area (Å²) < 4.78 is 91.6. The number of benzene rings is 4. The molecule has 0 radical (unpaired) electrons. The predicted molar refractivity (Wildman–Crippen MR) is 328 cm³/mol. The van der Waals surface area contributed by atoms with Crippen LogP contribution in [0.15, 0.2) is 117 Å². The largest absolute Gasteiger partial charge is 0.493 e. The van der Waals surface area contributed by atoms with Crippen LogP contribution in [0.2, 0.25) is 0 Å². The molecule has 5 aromatic heterocycles. The summed E-state index contributed by atoms with van der Waals surface area (Å²) >= 11 is 3.19. The molecule has 2 atom stereocenters. The molecule has 9 rings (SSSR count). The van der Waals surface area contributed by atoms with Crippen LogP contribution in [-0.2, 0) is 95.6 Å². The number of carbonyl (C=O) groups is 4. The third-order valence-electron chi connectivity index (χ3n) is 12.2. The van der Waals surface area contributed by atoms with Crippen LogP contribution in [0.25, 0.3) is 30.9 Å². The summed E-state index contributed by atoms with van der Waals surface area (Å²) in [7, 11) is -7.83. The molecule has 0 saturated carbocycles. The second kappa shape index (κ2) is 33.0. The molecule has 0 aliphatic carbocycles. The van der Waals surface area contributed by atoms with E-state index in [1.165, 1.54) is 33.5 Å². The number of ether oxygens (including phenoxy) is 5. The molecule has 0 unspecified atom stereocenters. The van der Waals surface area contributed by atoms with Gasteiger partial charge in [-0.25, -0.2) is 60.7 Å². The Hall–Kier alpha value is -9.47. The third kappa shape index (κ3) is 21.6. The number of fused-ring (bicyclic) bond motifs is 2. The zero-order valence-electron chi connectivity index (χ0n) is 48.1. The summed E-state index contributed by atoms with van der Waals surface area (Å²) in [5.74, 6) is -0.935. The SMILES string of the molecule is NS(=O)(=O)c1nc2ccc(OCc3cn(CC(=O)N[C@H](CSCc4cccc(OCCn5cc(CCC[18F])nn5)c4)C(=O)O)nn3)cc2s1.[N-]=[N+]=NCCOc1cccc(COC[C@@H](NC(=O)Cn2cc(COc3ccc4nc(S(N)(=O)=O)sc4c3)nn2)C(=O)O)c1. The number of azide groups is 1. The number of thiazole rings is 2. The molecule has 0 fully saturated rings. The van der Waals surface area contributed by atoms with E-state index in [-0.39, 0.29) is 67.1 Å². The molecule has 39 heteroatoms. The van der Waals surface area contributed by atoms with Crippen LogP contribution in [0.1, 0.15) is 34.6 Å². The number of alkyl halides is 1. The van der Waals surface area contributed by atoms with E-state index in [4.69, 9.17) is 39.5 Å². The number of nitrogens with two attached hydrogens (primary N) is 2. The molecule has 0 spiro atoms. The van der Waals surface area contributed by atoms with Crippen LogP contribution in [0.5, 0.6) is 23.0 Å². The Morgan fingerprint density at radius 2 is 1.17 bits per heavy atom. The fourth-order valence-corrected chi connectivity index (χ4v) is 12.3. The summed E-state index contributed by atoms with van der Waals surface area (Å²) in [6, 6.07) is 21.6. The van der Waals surface area contributed by atoms with Gasteiger partial charge in [0.2, 0.25) is 20.5 Å². The second-order valence-corrected chi connectivity index (χ2v) is 25.9. The first kappa shape index (κ1) is 68.4. The van der Waals surface area contributed by atoms with E-state index in [0.717, 1.165) is 33.9 Å². The van der Waals surface area contributed by atoms with Gasteiger partial charge in [0.25, 0.3) is 20.0 Å². The molecule has 486 valence electrons. The van der Waals surface area contributed by atoms with Gasteiger partial charge in [-0.3, -0.25) is 14.0 Å². The number of carbonyl (C=O) groups excluding carboxylic acids is 2. The Bertz CT molecular complexity index is 4290. The van der Waals surface area contributed by atoms with Gasteiger partial charge in [0, 0.05) is 22.6 Å². The van der Waals surface area contributed by atoms with Gasteiger partial charge >= 0.3 is 11.9 Å². The number of sulfonamides is 2. The number of carboxylic acids is 2. The minimum absolute atomic E-state index is 0.000387. The molecular formula is C53H57FN18O15S5. The molecule has 33 nitrogen and oxygen atoms in total. The highest BCUT2D eigenvalue weighted by Crippen LogP contribution is 2.30. The topological polar surface area (TPSA) is 466 Å². The number of halogens is 1. The van der Waals surface area contributed by atoms with Crippen molar-refractivity contribution in [1.29, 1.82) is 0 Å². The number of nitrogens with one attached hydrogen (secondary N) is 2. The average Bonchev–Trinajstić information content (AvgIpc) is 1.79. The molecule has 0 bridgehead atoms. The summed E-state index contributed by atoms with van der Waals surface area (Å²) in [6.45, 7) is 0.0661. The van der Waals surface area contributed by atoms with Crippen LogP contribution < -0.4 is 39.9 Å². The normalized spacial score (nSPS) is 12.1. The molecule has 0 aliphatic rings. The number of thioether (sulfide) groups is 1. The molecule has 92 heavy (non-hydrogen) atoms. The fraction of sp³-hybridized carbons (Fsp3) is 0.321. The van der Waals surface area contributed by atoms with Crippen LogP contribution in [0, 0.1) is 0 Å². The lowest BCUT2D eigenvalue weighted by molar-refractivity contribution is -0.144. The monoisotopic (exact) mass is 1360 g/mol. The lowest BCUT2D eigenvalue weighted by atomic mass is 10.2. The molecule has 8 N–H and O–H groups in total. The van der Waals surface area contributed by atoms with Gasteiger partial charge in [-0.2, -0.15) is 11.8 Å². The maximum Gasteiger partial charge on any atom is 0.328 e. The van der Waals surface area contributed by atoms with Crippen LogP contribution in [0.4, 0.5) is 4.39 Å². The third-order valence-corrected chi connectivity index (χ3v) is 17.9. The number of hydrogen-bond acceptors (Lipinski definition) is 25. The summed E-state index contributed by atoms with van der Waals surface area (Å²) in [6.07, 6.45) is 5.69. The van der Waals surface area contributed by atoms with Gasteiger partial charge < -0.3 is 44.5 Å². The van der Waals surface area contributed by atoms with E-state index in [1.54, 1.807) is 71.5 Å². The van der Waals surface area contributed by atoms with Crippen LogP contribution >= 0.6 is 34.4 Å². The average molecular weight is 1360 g/mol. The van der Waals surface area contributed by atoms with Gasteiger partial charge in [0.05, 0.1) is 78.1 Å². The Balaban J connectivity index is 0.000000239. The van der Waals surface area contributed by atoms with Crippen molar-refractivity contribution in [2.75, 3.05) is 38.8 Å². The van der Waals surface area contributed by atoms with Gasteiger partial charge in [-0.1, -0.05) is 45.0 Å². The highest BCUT2D eigenvalue weighted by Gasteiger charge is 2.23. The fourth-order valence-electron chi connectivity index (χ4n) is 7.95. The summed E-state index contributed by atoms with van der Waals surface area (Å²) in [4.78, 5) is 59.3. The summed E-state index contributed by atoms with van der Waals surface area (Å²) in [5, 5.41) is 61.5. The highest BCUT2D eigenvalue weighted by atomic mass is 32.3. The number of amides is 2. The molecule has 0 saturated heterocycles. The standard InChI is InChI=1S/C29H32FN9O7S3.C24H25N9O8S2/c30-8-2-4-20-13-38(36-34-20)9-10-45-22-5-1-3-19(11-22)17-47-18-25(28(41)42)32-27(40)15-39-14-21(35-37-39)16-46-23-6-7-24-26(12-23)48-29(33-24)49(31,43)44;25-31-27-6-7-40-17-3-1-2-15(8-17)12-39-14-20(23(35)36)28-22(34)11-33-10-16(30-32-33)13-41-18-4-5-19-21(9-18)42-24(29-19)43(26,37)38/h1,3,5-7,11-14,25H,2,4,8-10,15-18H2,(H,32,40)(H,41,42)(H2,31,43,44);1-5,8-10,20H,6-7,11-14H2,(H,28,34)(H,35,36)(H2,26,37,38)/t25-;20-/m11/s1/i30-1;. The second-order valence-electron chi connectivity index (χ2n) is 19.4. The molecule has 9 aromatic rings. The van der Waals surface area contributed by atoms with Crippen LogP contribution in [0.3, 0.4) is 0 Å². The van der Waals surface area contributed by atoms with E-state index < -0.39 is 62.6 Å². The zero-order chi connectivity index (χ0) is 65.6. The number of carboxylic acid groups (broad SMARTS) is 2. The van der Waals surface area contributed by atoms with Crippen molar-refractivity contribution in [3.05, 3.63) is 142 Å². The van der Waals surface area contributed by atoms with E-state index in [2.05, 4.69) is 61.6 Å². The number of hydrogen-bond donors (Lipinski definition) is 6.